The molecule has 4 rings (SSSR count). The molecule has 0 spiro atoms. The lowest BCUT2D eigenvalue weighted by molar-refractivity contribution is -0.384. The topological polar surface area (TPSA) is 76.3 Å². The molecule has 9 heteroatoms. The van der Waals surface area contributed by atoms with Crippen LogP contribution in [0.5, 0.6) is 0 Å². The number of non-ortho nitro benzene ring substituents is 1. The quantitative estimate of drug-likeness (QED) is 0.258. The van der Waals surface area contributed by atoms with Crippen LogP contribution in [0, 0.1) is 10.1 Å². The Morgan fingerprint density at radius 1 is 1.07 bits per heavy atom. The number of nitrogens with zero attached hydrogens (tertiary/aromatic N) is 3. The summed E-state index contributed by atoms with van der Waals surface area (Å²) in [5.41, 5.74) is 1.41. The maximum absolute atomic E-state index is 13.4. The lowest BCUT2D eigenvalue weighted by Gasteiger charge is -2.20. The zero-order valence-corrected chi connectivity index (χ0v) is 17.6. The third-order valence-corrected chi connectivity index (χ3v) is 6.00. The van der Waals surface area contributed by atoms with Gasteiger partial charge >= 0.3 is 0 Å². The number of aromatic nitrogens is 1. The molecule has 0 aliphatic rings. The van der Waals surface area contributed by atoms with Crippen molar-refractivity contribution in [1.29, 1.82) is 0 Å². The first-order valence-corrected chi connectivity index (χ1v) is 10.4. The van der Waals surface area contributed by atoms with Crippen LogP contribution in [0.2, 0.25) is 10.0 Å². The van der Waals surface area contributed by atoms with Gasteiger partial charge in [-0.3, -0.25) is 19.8 Å². The second kappa shape index (κ2) is 8.39. The number of carbonyl (C=O) groups excluding carboxylic acids is 1. The largest absolute Gasteiger partial charge is 0.279 e. The number of rotatable bonds is 5. The van der Waals surface area contributed by atoms with Crippen LogP contribution in [0.15, 0.2) is 66.7 Å². The van der Waals surface area contributed by atoms with Crippen molar-refractivity contribution in [1.82, 2.24) is 4.98 Å². The zero-order chi connectivity index (χ0) is 21.3. The summed E-state index contributed by atoms with van der Waals surface area (Å²) in [4.78, 5) is 30.1. The molecule has 0 aliphatic carbocycles. The number of hydrogen-bond acceptors (Lipinski definition) is 5. The van der Waals surface area contributed by atoms with E-state index < -0.39 is 10.8 Å². The smallest absolute Gasteiger partial charge is 0.270 e. The van der Waals surface area contributed by atoms with Gasteiger partial charge in [0.05, 0.1) is 32.3 Å². The van der Waals surface area contributed by atoms with Crippen molar-refractivity contribution >= 4 is 61.5 Å². The number of nitro benzene ring substituents is 1. The SMILES string of the molecule is O=C(c1cc([N+](=O)[O-])ccc1Cl)N(Cc1ccccc1)c1nc2ccc(Cl)cc2s1. The minimum absolute atomic E-state index is 0.0408. The van der Waals surface area contributed by atoms with Crippen molar-refractivity contribution in [2.24, 2.45) is 0 Å². The molecule has 150 valence electrons. The molecule has 30 heavy (non-hydrogen) atoms. The van der Waals surface area contributed by atoms with Crippen molar-refractivity contribution in [2.45, 2.75) is 6.54 Å². The number of nitro groups is 1. The van der Waals surface area contributed by atoms with Crippen molar-refractivity contribution < 1.29 is 9.72 Å². The molecule has 0 saturated heterocycles. The van der Waals surface area contributed by atoms with Crippen LogP contribution < -0.4 is 4.90 Å². The van der Waals surface area contributed by atoms with Crippen LogP contribution >= 0.6 is 34.5 Å². The molecule has 1 aromatic heterocycles. The number of hydrogen-bond donors (Lipinski definition) is 0. The minimum atomic E-state index is -0.561. The molecular formula is C21H13Cl2N3O3S. The third-order valence-electron chi connectivity index (χ3n) is 4.39. The molecule has 3 aromatic carbocycles. The summed E-state index contributed by atoms with van der Waals surface area (Å²) in [7, 11) is 0. The summed E-state index contributed by atoms with van der Waals surface area (Å²) < 4.78 is 0.827. The van der Waals surface area contributed by atoms with E-state index in [1.165, 1.54) is 34.4 Å². The normalized spacial score (nSPS) is 10.9. The van der Waals surface area contributed by atoms with Gasteiger partial charge in [-0.2, -0.15) is 0 Å². The summed E-state index contributed by atoms with van der Waals surface area (Å²) in [6.07, 6.45) is 0. The number of benzene rings is 3. The number of halogens is 2. The lowest BCUT2D eigenvalue weighted by atomic mass is 10.1. The molecule has 0 bridgehead atoms. The first-order chi connectivity index (χ1) is 14.4. The Hall–Kier alpha value is -3.00. The van der Waals surface area contributed by atoms with Gasteiger partial charge in [0.1, 0.15) is 0 Å². The Balaban J connectivity index is 1.81. The van der Waals surface area contributed by atoms with E-state index in [-0.39, 0.29) is 22.8 Å². The predicted octanol–water partition coefficient (Wildman–Crippen LogP) is 6.36. The summed E-state index contributed by atoms with van der Waals surface area (Å²) in [5, 5.41) is 12.3. The fourth-order valence-corrected chi connectivity index (χ4v) is 4.37. The van der Waals surface area contributed by atoms with Gasteiger partial charge in [-0.1, -0.05) is 64.9 Å². The maximum Gasteiger partial charge on any atom is 0.270 e. The van der Waals surface area contributed by atoms with Crippen LogP contribution in [-0.4, -0.2) is 15.8 Å². The molecule has 0 N–H and O–H groups in total. The second-order valence-electron chi connectivity index (χ2n) is 6.41. The highest BCUT2D eigenvalue weighted by atomic mass is 35.5. The van der Waals surface area contributed by atoms with Gasteiger partial charge in [-0.25, -0.2) is 4.98 Å². The standard InChI is InChI=1S/C21H13Cl2N3O3S/c22-14-6-9-18-19(10-14)30-21(24-18)25(12-13-4-2-1-3-5-13)20(27)16-11-15(26(28)29)7-8-17(16)23/h1-11H,12H2. The van der Waals surface area contributed by atoms with Gasteiger partial charge in [0.2, 0.25) is 0 Å². The number of amides is 1. The first kappa shape index (κ1) is 20.3. The van der Waals surface area contributed by atoms with Crippen LogP contribution in [0.3, 0.4) is 0 Å². The van der Waals surface area contributed by atoms with Crippen LogP contribution in [0.1, 0.15) is 15.9 Å². The molecule has 0 unspecified atom stereocenters. The Morgan fingerprint density at radius 2 is 1.83 bits per heavy atom. The van der Waals surface area contributed by atoms with Gasteiger partial charge in [-0.05, 0) is 29.8 Å². The van der Waals surface area contributed by atoms with Crippen LogP contribution in [0.4, 0.5) is 10.8 Å². The number of thiazole rings is 1. The fourth-order valence-electron chi connectivity index (χ4n) is 2.93. The third kappa shape index (κ3) is 4.14. The van der Waals surface area contributed by atoms with E-state index in [0.29, 0.717) is 15.7 Å². The van der Waals surface area contributed by atoms with E-state index >= 15 is 0 Å². The molecule has 0 aliphatic heterocycles. The van der Waals surface area contributed by atoms with Crippen molar-refractivity contribution in [2.75, 3.05) is 4.90 Å². The van der Waals surface area contributed by atoms with Crippen molar-refractivity contribution in [3.8, 4) is 0 Å². The lowest BCUT2D eigenvalue weighted by Crippen LogP contribution is -2.30. The second-order valence-corrected chi connectivity index (χ2v) is 8.26. The summed E-state index contributed by atoms with van der Waals surface area (Å²) in [6.45, 7) is 0.228. The van der Waals surface area contributed by atoms with E-state index in [2.05, 4.69) is 4.98 Å². The molecule has 1 amide bonds. The van der Waals surface area contributed by atoms with E-state index in [1.807, 2.05) is 30.3 Å². The average Bonchev–Trinajstić information content (AvgIpc) is 3.15. The van der Waals surface area contributed by atoms with E-state index in [4.69, 9.17) is 23.2 Å². The molecule has 0 fully saturated rings. The van der Waals surface area contributed by atoms with Crippen molar-refractivity contribution in [3.05, 3.63) is 98.0 Å². The molecule has 6 nitrogen and oxygen atoms in total. The zero-order valence-electron chi connectivity index (χ0n) is 15.3. The average molecular weight is 458 g/mol. The van der Waals surface area contributed by atoms with Gasteiger partial charge in [0, 0.05) is 17.2 Å². The van der Waals surface area contributed by atoms with Crippen LogP contribution in [-0.2, 0) is 6.54 Å². The van der Waals surface area contributed by atoms with Crippen molar-refractivity contribution in [3.63, 3.8) is 0 Å². The molecule has 0 radical (unpaired) electrons. The van der Waals surface area contributed by atoms with Gasteiger partial charge in [0.15, 0.2) is 5.13 Å². The Kier molecular flexibility index (Phi) is 5.67. The predicted molar refractivity (Wildman–Crippen MR) is 120 cm³/mol. The number of anilines is 1. The molecule has 0 atom stereocenters. The fraction of sp³-hybridized carbons (Fsp3) is 0.0476. The molecule has 0 saturated carbocycles. The Labute approximate surface area is 185 Å². The van der Waals surface area contributed by atoms with Gasteiger partial charge in [-0.15, -0.1) is 0 Å². The highest BCUT2D eigenvalue weighted by molar-refractivity contribution is 7.22. The minimum Gasteiger partial charge on any atom is -0.279 e. The van der Waals surface area contributed by atoms with Gasteiger partial charge < -0.3 is 0 Å². The van der Waals surface area contributed by atoms with E-state index in [9.17, 15) is 14.9 Å². The molecule has 1 heterocycles. The number of carbonyl (C=O) groups is 1. The summed E-state index contributed by atoms with van der Waals surface area (Å²) in [5.74, 6) is -0.474. The highest BCUT2D eigenvalue weighted by Gasteiger charge is 2.25. The Bertz CT molecular complexity index is 1260. The van der Waals surface area contributed by atoms with E-state index in [0.717, 1.165) is 10.3 Å². The maximum atomic E-state index is 13.4. The molecule has 4 aromatic rings. The van der Waals surface area contributed by atoms with E-state index in [1.54, 1.807) is 18.2 Å². The number of fused-ring (bicyclic) bond motifs is 1. The molecular weight excluding hydrogens is 445 g/mol. The summed E-state index contributed by atoms with van der Waals surface area (Å²) in [6, 6.07) is 18.5. The Morgan fingerprint density at radius 3 is 2.57 bits per heavy atom. The first-order valence-electron chi connectivity index (χ1n) is 8.78. The van der Waals surface area contributed by atoms with Crippen LogP contribution in [0.25, 0.3) is 10.2 Å². The monoisotopic (exact) mass is 457 g/mol. The highest BCUT2D eigenvalue weighted by Crippen LogP contribution is 2.33. The van der Waals surface area contributed by atoms with Gasteiger partial charge in [0.25, 0.3) is 11.6 Å². The summed E-state index contributed by atoms with van der Waals surface area (Å²) >= 11 is 13.6.